The minimum absolute atomic E-state index is 0.0344. The molecule has 0 radical (unpaired) electrons. The summed E-state index contributed by atoms with van der Waals surface area (Å²) in [5, 5.41) is 0. The Morgan fingerprint density at radius 3 is 2.50 bits per heavy atom. The Bertz CT molecular complexity index is 464. The third-order valence-electron chi connectivity index (χ3n) is 4.66. The van der Waals surface area contributed by atoms with E-state index in [9.17, 15) is 14.4 Å². The van der Waals surface area contributed by atoms with Crippen LogP contribution in [0.3, 0.4) is 0 Å². The number of unbranched alkanes of at least 4 members (excludes halogenated alkanes) is 1. The van der Waals surface area contributed by atoms with Crippen molar-refractivity contribution < 1.29 is 19.1 Å². The lowest BCUT2D eigenvalue weighted by Crippen LogP contribution is -2.51. The molecule has 136 valence electrons. The zero-order valence-corrected chi connectivity index (χ0v) is 15.5. The second-order valence-corrected chi connectivity index (χ2v) is 7.33. The molecule has 7 heteroatoms. The second-order valence-electron chi connectivity index (χ2n) is 6.33. The number of carbonyl (C=O) groups excluding carboxylic acids is 3. The molecule has 0 N–H and O–H groups in total. The fraction of sp³-hybridized carbons (Fsp3) is 0.824. The summed E-state index contributed by atoms with van der Waals surface area (Å²) in [5.41, 5.74) is 0. The molecule has 2 saturated heterocycles. The van der Waals surface area contributed by atoms with Crippen molar-refractivity contribution in [3.8, 4) is 0 Å². The Kier molecular flexibility index (Phi) is 7.40. The molecular weight excluding hydrogens is 328 g/mol. The van der Waals surface area contributed by atoms with Crippen molar-refractivity contribution in [2.45, 2.75) is 52.0 Å². The van der Waals surface area contributed by atoms with Gasteiger partial charge in [-0.05, 0) is 26.2 Å². The number of hydrogen-bond acceptors (Lipinski definition) is 5. The zero-order valence-electron chi connectivity index (χ0n) is 14.7. The van der Waals surface area contributed by atoms with Crippen molar-refractivity contribution in [3.63, 3.8) is 0 Å². The number of piperidine rings is 1. The number of nitrogens with zero attached hydrogens (tertiary/aromatic N) is 2. The number of hydrogen-bond donors (Lipinski definition) is 0. The van der Waals surface area contributed by atoms with Crippen LogP contribution in [-0.2, 0) is 19.1 Å². The fourth-order valence-electron chi connectivity index (χ4n) is 3.17. The first-order valence-corrected chi connectivity index (χ1v) is 10.1. The van der Waals surface area contributed by atoms with Gasteiger partial charge in [-0.15, -0.1) is 11.8 Å². The molecule has 0 saturated carbocycles. The van der Waals surface area contributed by atoms with Crippen molar-refractivity contribution in [1.29, 1.82) is 0 Å². The molecule has 0 aliphatic carbocycles. The lowest BCUT2D eigenvalue weighted by atomic mass is 9.96. The van der Waals surface area contributed by atoms with E-state index in [2.05, 4.69) is 6.92 Å². The molecule has 2 amide bonds. The molecule has 2 heterocycles. The van der Waals surface area contributed by atoms with Gasteiger partial charge in [-0.2, -0.15) is 0 Å². The first kappa shape index (κ1) is 19.1. The van der Waals surface area contributed by atoms with Gasteiger partial charge in [0.25, 0.3) is 0 Å². The van der Waals surface area contributed by atoms with Crippen molar-refractivity contribution >= 4 is 29.5 Å². The van der Waals surface area contributed by atoms with E-state index in [1.807, 2.05) is 4.90 Å². The summed E-state index contributed by atoms with van der Waals surface area (Å²) in [6.45, 7) is 5.40. The first-order valence-electron chi connectivity index (χ1n) is 8.91. The van der Waals surface area contributed by atoms with Crippen LogP contribution in [-0.4, -0.2) is 65.0 Å². The largest absolute Gasteiger partial charge is 0.466 e. The van der Waals surface area contributed by atoms with E-state index >= 15 is 0 Å². The summed E-state index contributed by atoms with van der Waals surface area (Å²) in [6.07, 6.45) is 3.66. The summed E-state index contributed by atoms with van der Waals surface area (Å²) in [7, 11) is 0. The third kappa shape index (κ3) is 4.65. The molecular formula is C17H28N2O4S. The smallest absolute Gasteiger partial charge is 0.309 e. The predicted molar refractivity (Wildman–Crippen MR) is 93.4 cm³/mol. The number of thioether (sulfide) groups is 1. The van der Waals surface area contributed by atoms with Crippen LogP contribution in [0.4, 0.5) is 0 Å². The number of carbonyl (C=O) groups is 3. The molecule has 2 fully saturated rings. The highest BCUT2D eigenvalue weighted by molar-refractivity contribution is 7.99. The Morgan fingerprint density at radius 1 is 1.17 bits per heavy atom. The van der Waals surface area contributed by atoms with E-state index in [1.54, 1.807) is 23.6 Å². The van der Waals surface area contributed by atoms with Crippen LogP contribution in [0.15, 0.2) is 0 Å². The Labute approximate surface area is 148 Å². The highest BCUT2D eigenvalue weighted by Gasteiger charge is 2.38. The Balaban J connectivity index is 1.87. The SMILES string of the molecule is CCCCC(=O)N1CSCC1C(=O)N1CCC(C(=O)OCC)CC1. The monoisotopic (exact) mass is 356 g/mol. The van der Waals surface area contributed by atoms with Gasteiger partial charge >= 0.3 is 5.97 Å². The van der Waals surface area contributed by atoms with Gasteiger partial charge in [0.05, 0.1) is 18.4 Å². The van der Waals surface area contributed by atoms with Crippen molar-refractivity contribution in [2.24, 2.45) is 5.92 Å². The number of ether oxygens (including phenoxy) is 1. The topological polar surface area (TPSA) is 66.9 Å². The molecule has 0 aromatic carbocycles. The van der Waals surface area contributed by atoms with Crippen LogP contribution in [0, 0.1) is 5.92 Å². The van der Waals surface area contributed by atoms with Gasteiger partial charge in [-0.25, -0.2) is 0 Å². The van der Waals surface area contributed by atoms with Crippen LogP contribution in [0.1, 0.15) is 46.0 Å². The highest BCUT2D eigenvalue weighted by Crippen LogP contribution is 2.26. The molecule has 2 rings (SSSR count). The van der Waals surface area contributed by atoms with Crippen molar-refractivity contribution in [2.75, 3.05) is 31.3 Å². The van der Waals surface area contributed by atoms with Gasteiger partial charge in [-0.3, -0.25) is 14.4 Å². The minimum atomic E-state index is -0.335. The molecule has 1 unspecified atom stereocenters. The Morgan fingerprint density at radius 2 is 1.88 bits per heavy atom. The molecule has 0 spiro atoms. The highest BCUT2D eigenvalue weighted by atomic mass is 32.2. The molecule has 0 bridgehead atoms. The van der Waals surface area contributed by atoms with Gasteiger partial charge in [0, 0.05) is 25.3 Å². The summed E-state index contributed by atoms with van der Waals surface area (Å²) < 4.78 is 5.06. The normalized spacial score (nSPS) is 21.8. The molecule has 1 atom stereocenters. The molecule has 2 aliphatic rings. The number of likely N-dealkylation sites (tertiary alicyclic amines) is 1. The van der Waals surface area contributed by atoms with E-state index in [1.165, 1.54) is 0 Å². The van der Waals surface area contributed by atoms with Crippen LogP contribution in [0.25, 0.3) is 0 Å². The average Bonchev–Trinajstić information content (AvgIpc) is 3.09. The summed E-state index contributed by atoms with van der Waals surface area (Å²) in [5.74, 6) is 1.15. The quantitative estimate of drug-likeness (QED) is 0.680. The maximum absolute atomic E-state index is 12.8. The van der Waals surface area contributed by atoms with E-state index in [-0.39, 0.29) is 29.7 Å². The molecule has 0 aromatic heterocycles. The van der Waals surface area contributed by atoms with Crippen LogP contribution >= 0.6 is 11.8 Å². The van der Waals surface area contributed by atoms with Crippen LogP contribution < -0.4 is 0 Å². The lowest BCUT2D eigenvalue weighted by Gasteiger charge is -2.34. The standard InChI is InChI=1S/C17H28N2O4S/c1-3-5-6-15(20)19-12-24-11-14(19)16(21)18-9-7-13(8-10-18)17(22)23-4-2/h13-14H,3-12H2,1-2H3. The van der Waals surface area contributed by atoms with E-state index in [4.69, 9.17) is 4.74 Å². The van der Waals surface area contributed by atoms with Crippen molar-refractivity contribution in [3.05, 3.63) is 0 Å². The summed E-state index contributed by atoms with van der Waals surface area (Å²) in [6, 6.07) is -0.335. The van der Waals surface area contributed by atoms with Gasteiger partial charge in [0.2, 0.25) is 11.8 Å². The van der Waals surface area contributed by atoms with Gasteiger partial charge < -0.3 is 14.5 Å². The first-order chi connectivity index (χ1) is 11.6. The molecule has 6 nitrogen and oxygen atoms in total. The predicted octanol–water partition coefficient (Wildman–Crippen LogP) is 1.88. The third-order valence-corrected chi connectivity index (χ3v) is 5.67. The Hall–Kier alpha value is -1.24. The lowest BCUT2D eigenvalue weighted by molar-refractivity contribution is -0.152. The van der Waals surface area contributed by atoms with Gasteiger partial charge in [-0.1, -0.05) is 13.3 Å². The zero-order chi connectivity index (χ0) is 17.5. The molecule has 2 aliphatic heterocycles. The second kappa shape index (κ2) is 9.30. The molecule has 0 aromatic rings. The van der Waals surface area contributed by atoms with Crippen molar-refractivity contribution in [1.82, 2.24) is 9.80 Å². The molecule has 24 heavy (non-hydrogen) atoms. The minimum Gasteiger partial charge on any atom is -0.466 e. The van der Waals surface area contributed by atoms with Crippen LogP contribution in [0.5, 0.6) is 0 Å². The maximum atomic E-state index is 12.8. The summed E-state index contributed by atoms with van der Waals surface area (Å²) >= 11 is 1.64. The number of esters is 1. The average molecular weight is 356 g/mol. The maximum Gasteiger partial charge on any atom is 0.309 e. The summed E-state index contributed by atoms with van der Waals surface area (Å²) in [4.78, 5) is 40.4. The van der Waals surface area contributed by atoms with Crippen LogP contribution in [0.2, 0.25) is 0 Å². The number of amides is 2. The number of rotatable bonds is 6. The fourth-order valence-corrected chi connectivity index (χ4v) is 4.34. The van der Waals surface area contributed by atoms with E-state index < -0.39 is 0 Å². The van der Waals surface area contributed by atoms with E-state index in [0.29, 0.717) is 50.6 Å². The van der Waals surface area contributed by atoms with Gasteiger partial charge in [0.15, 0.2) is 0 Å². The van der Waals surface area contributed by atoms with Gasteiger partial charge in [0.1, 0.15) is 6.04 Å². The van der Waals surface area contributed by atoms with E-state index in [0.717, 1.165) is 12.8 Å².